The second-order valence-electron chi connectivity index (χ2n) is 5.24. The van der Waals surface area contributed by atoms with Crippen molar-refractivity contribution in [3.05, 3.63) is 57.8 Å². The van der Waals surface area contributed by atoms with Gasteiger partial charge in [0, 0.05) is 21.2 Å². The normalized spacial score (nSPS) is 10.9. The predicted octanol–water partition coefficient (Wildman–Crippen LogP) is 5.06. The molecule has 21 heavy (non-hydrogen) atoms. The van der Waals surface area contributed by atoms with E-state index in [0.29, 0.717) is 0 Å². The molecule has 3 nitrogen and oxygen atoms in total. The topological polar surface area (TPSA) is 37.8 Å². The Morgan fingerprint density at radius 2 is 1.62 bits per heavy atom. The summed E-state index contributed by atoms with van der Waals surface area (Å²) in [5.74, 6) is 0. The number of benzene rings is 1. The molecular weight excluding hydrogens is 326 g/mol. The fourth-order valence-electron chi connectivity index (χ4n) is 2.29. The number of nitrogens with zero attached hydrogens (tertiary/aromatic N) is 2. The van der Waals surface area contributed by atoms with E-state index in [1.54, 1.807) is 0 Å². The quantitative estimate of drug-likeness (QED) is 0.707. The van der Waals surface area contributed by atoms with Crippen molar-refractivity contribution < 1.29 is 0 Å². The van der Waals surface area contributed by atoms with Crippen molar-refractivity contribution >= 4 is 38.3 Å². The number of aryl methyl sites for hydroxylation is 3. The zero-order valence-electron chi connectivity index (χ0n) is 12.2. The third kappa shape index (κ3) is 2.90. The minimum absolute atomic E-state index is 0.778. The molecule has 0 amide bonds. The fraction of sp³-hybridized carbons (Fsp3) is 0.176. The molecule has 4 heteroatoms. The Balaban J connectivity index is 2.11. The molecule has 0 radical (unpaired) electrons. The first-order chi connectivity index (χ1) is 10.0. The van der Waals surface area contributed by atoms with Gasteiger partial charge in [-0.3, -0.25) is 0 Å². The van der Waals surface area contributed by atoms with Gasteiger partial charge in [0.1, 0.15) is 0 Å². The minimum atomic E-state index is 0.778. The summed E-state index contributed by atoms with van der Waals surface area (Å²) in [5.41, 5.74) is 5.98. The lowest BCUT2D eigenvalue weighted by Gasteiger charge is -2.12. The molecule has 0 atom stereocenters. The monoisotopic (exact) mass is 341 g/mol. The summed E-state index contributed by atoms with van der Waals surface area (Å²) in [6, 6.07) is 12.4. The van der Waals surface area contributed by atoms with Crippen molar-refractivity contribution in [3.63, 3.8) is 0 Å². The van der Waals surface area contributed by atoms with Gasteiger partial charge < -0.3 is 5.32 Å². The van der Waals surface area contributed by atoms with Crippen molar-refractivity contribution in [2.45, 2.75) is 20.8 Å². The summed E-state index contributed by atoms with van der Waals surface area (Å²) in [6.07, 6.45) is 0. The third-order valence-corrected chi connectivity index (χ3v) is 3.99. The lowest BCUT2D eigenvalue weighted by molar-refractivity contribution is 1.16. The van der Waals surface area contributed by atoms with Crippen LogP contribution in [-0.4, -0.2) is 9.97 Å². The lowest BCUT2D eigenvalue weighted by atomic mass is 10.2. The van der Waals surface area contributed by atoms with Gasteiger partial charge in [0.05, 0.1) is 11.4 Å². The molecule has 0 aliphatic heterocycles. The molecule has 0 fully saturated rings. The van der Waals surface area contributed by atoms with Crippen LogP contribution >= 0.6 is 15.9 Å². The Bertz CT molecular complexity index is 822. The maximum atomic E-state index is 4.51. The molecule has 0 spiro atoms. The van der Waals surface area contributed by atoms with Gasteiger partial charge in [-0.15, -0.1) is 0 Å². The highest BCUT2D eigenvalue weighted by atomic mass is 79.9. The molecule has 0 saturated heterocycles. The summed E-state index contributed by atoms with van der Waals surface area (Å²) in [6.45, 7) is 6.04. The van der Waals surface area contributed by atoms with Crippen molar-refractivity contribution in [2.24, 2.45) is 0 Å². The maximum absolute atomic E-state index is 4.51. The zero-order chi connectivity index (χ0) is 15.0. The van der Waals surface area contributed by atoms with E-state index < -0.39 is 0 Å². The van der Waals surface area contributed by atoms with E-state index in [9.17, 15) is 0 Å². The summed E-state index contributed by atoms with van der Waals surface area (Å²) in [7, 11) is 0. The number of hydrogen-bond acceptors (Lipinski definition) is 3. The molecule has 1 aromatic carbocycles. The number of hydrogen-bond donors (Lipinski definition) is 1. The van der Waals surface area contributed by atoms with Crippen LogP contribution in [-0.2, 0) is 0 Å². The Kier molecular flexibility index (Phi) is 3.64. The Morgan fingerprint density at radius 3 is 2.38 bits per heavy atom. The van der Waals surface area contributed by atoms with E-state index in [1.807, 2.05) is 26.0 Å². The van der Waals surface area contributed by atoms with Gasteiger partial charge in [-0.2, -0.15) is 0 Å². The van der Waals surface area contributed by atoms with Crippen molar-refractivity contribution in [2.75, 3.05) is 5.32 Å². The van der Waals surface area contributed by atoms with Crippen molar-refractivity contribution in [3.8, 4) is 0 Å². The molecule has 3 rings (SSSR count). The molecule has 0 aliphatic carbocycles. The van der Waals surface area contributed by atoms with Crippen LogP contribution in [0.1, 0.15) is 17.0 Å². The molecule has 2 aromatic heterocycles. The van der Waals surface area contributed by atoms with Crippen LogP contribution in [0.5, 0.6) is 0 Å². The predicted molar refractivity (Wildman–Crippen MR) is 91.2 cm³/mol. The highest BCUT2D eigenvalue weighted by Gasteiger charge is 2.07. The van der Waals surface area contributed by atoms with Gasteiger partial charge in [-0.25, -0.2) is 9.97 Å². The average Bonchev–Trinajstić information content (AvgIpc) is 2.41. The number of halogens is 1. The van der Waals surface area contributed by atoms with Gasteiger partial charge in [-0.05, 0) is 72.6 Å². The molecule has 1 N–H and O–H groups in total. The van der Waals surface area contributed by atoms with E-state index in [1.165, 1.54) is 5.56 Å². The Labute approximate surface area is 132 Å². The number of rotatable bonds is 2. The van der Waals surface area contributed by atoms with Crippen LogP contribution in [0, 0.1) is 20.8 Å². The van der Waals surface area contributed by atoms with Crippen LogP contribution in [0.2, 0.25) is 0 Å². The third-order valence-electron chi connectivity index (χ3n) is 3.33. The van der Waals surface area contributed by atoms with Crippen molar-refractivity contribution in [1.29, 1.82) is 0 Å². The first kappa shape index (κ1) is 14.0. The standard InChI is InChI=1S/C17H16BrN3/c1-10-4-7-15(14(18)8-10)21-16-9-12(3)20-17-13(16)6-5-11(2)19-17/h4-9H,1-3H3,(H,19,20,21). The van der Waals surface area contributed by atoms with E-state index in [0.717, 1.165) is 38.3 Å². The maximum Gasteiger partial charge on any atom is 0.161 e. The van der Waals surface area contributed by atoms with Crippen LogP contribution < -0.4 is 5.32 Å². The largest absolute Gasteiger partial charge is 0.354 e. The van der Waals surface area contributed by atoms with Gasteiger partial charge in [-0.1, -0.05) is 6.07 Å². The van der Waals surface area contributed by atoms with E-state index in [-0.39, 0.29) is 0 Å². The number of aromatic nitrogens is 2. The van der Waals surface area contributed by atoms with E-state index in [4.69, 9.17) is 0 Å². The highest BCUT2D eigenvalue weighted by molar-refractivity contribution is 9.10. The van der Waals surface area contributed by atoms with Crippen LogP contribution in [0.15, 0.2) is 40.9 Å². The summed E-state index contributed by atoms with van der Waals surface area (Å²) < 4.78 is 1.05. The molecule has 0 bridgehead atoms. The zero-order valence-corrected chi connectivity index (χ0v) is 13.8. The molecule has 0 saturated carbocycles. The number of fused-ring (bicyclic) bond motifs is 1. The SMILES string of the molecule is Cc1ccc(Nc2cc(C)nc3nc(C)ccc23)c(Br)c1. The number of pyridine rings is 2. The van der Waals surface area contributed by atoms with Crippen LogP contribution in [0.25, 0.3) is 11.0 Å². The van der Waals surface area contributed by atoms with Crippen LogP contribution in [0.3, 0.4) is 0 Å². The minimum Gasteiger partial charge on any atom is -0.354 e. The van der Waals surface area contributed by atoms with Gasteiger partial charge in [0.15, 0.2) is 5.65 Å². The summed E-state index contributed by atoms with van der Waals surface area (Å²) >= 11 is 3.61. The Hall–Kier alpha value is -1.94. The van der Waals surface area contributed by atoms with Gasteiger partial charge >= 0.3 is 0 Å². The van der Waals surface area contributed by atoms with Gasteiger partial charge in [0.25, 0.3) is 0 Å². The van der Waals surface area contributed by atoms with Crippen molar-refractivity contribution in [1.82, 2.24) is 9.97 Å². The van der Waals surface area contributed by atoms with Gasteiger partial charge in [0.2, 0.25) is 0 Å². The molecule has 106 valence electrons. The average molecular weight is 342 g/mol. The molecule has 3 aromatic rings. The molecular formula is C17H16BrN3. The fourth-order valence-corrected chi connectivity index (χ4v) is 2.89. The van der Waals surface area contributed by atoms with E-state index >= 15 is 0 Å². The summed E-state index contributed by atoms with van der Waals surface area (Å²) in [5, 5.41) is 4.50. The summed E-state index contributed by atoms with van der Waals surface area (Å²) in [4.78, 5) is 9.02. The molecule has 0 aliphatic rings. The molecule has 0 unspecified atom stereocenters. The van der Waals surface area contributed by atoms with E-state index in [2.05, 4.69) is 62.4 Å². The first-order valence-electron chi connectivity index (χ1n) is 6.81. The highest BCUT2D eigenvalue weighted by Crippen LogP contribution is 2.30. The second kappa shape index (κ2) is 5.45. The molecule has 2 heterocycles. The second-order valence-corrected chi connectivity index (χ2v) is 6.10. The van der Waals surface area contributed by atoms with Crippen LogP contribution in [0.4, 0.5) is 11.4 Å². The lowest BCUT2D eigenvalue weighted by Crippen LogP contribution is -1.97. The number of anilines is 2. The Morgan fingerprint density at radius 1 is 0.857 bits per heavy atom. The first-order valence-corrected chi connectivity index (χ1v) is 7.60. The smallest absolute Gasteiger partial charge is 0.161 e. The number of nitrogens with one attached hydrogen (secondary N) is 1.